The smallest absolute Gasteiger partial charge is 0.205 e. The molecule has 0 aliphatic carbocycles. The van der Waals surface area contributed by atoms with E-state index in [1.54, 1.807) is 7.11 Å². The second-order valence-corrected chi connectivity index (χ2v) is 11.3. The van der Waals surface area contributed by atoms with Crippen molar-refractivity contribution in [2.75, 3.05) is 18.9 Å². The fourth-order valence-corrected chi connectivity index (χ4v) is 6.75. The van der Waals surface area contributed by atoms with Crippen molar-refractivity contribution >= 4 is 47.3 Å². The zero-order valence-corrected chi connectivity index (χ0v) is 24.4. The molecule has 0 saturated heterocycles. The maximum atomic E-state index is 6.06. The Bertz CT molecular complexity index is 1690. The summed E-state index contributed by atoms with van der Waals surface area (Å²) in [5.41, 5.74) is 4.84. The topological polar surface area (TPSA) is 24.5 Å². The van der Waals surface area contributed by atoms with Gasteiger partial charge in [-0.3, -0.25) is 0 Å². The first kappa shape index (κ1) is 26.9. The Morgan fingerprint density at radius 3 is 1.49 bits per heavy atom. The molecule has 0 amide bonds. The highest BCUT2D eigenvalue weighted by molar-refractivity contribution is 7.99. The van der Waals surface area contributed by atoms with Gasteiger partial charge in [-0.25, -0.2) is 0 Å². The van der Waals surface area contributed by atoms with Gasteiger partial charge in [0, 0.05) is 24.3 Å². The minimum Gasteiger partial charge on any atom is -0.496 e. The van der Waals surface area contributed by atoms with E-state index in [-0.39, 0.29) is 0 Å². The van der Waals surface area contributed by atoms with Crippen molar-refractivity contribution in [3.8, 4) is 17.2 Å². The summed E-state index contributed by atoms with van der Waals surface area (Å²) in [6.45, 7) is 0. The molecule has 0 N–H and O–H groups in total. The SMILES string of the molecule is C1=[N+](c2ccccc2)CSc2c1cccc2Oc1ccccc1.COc1cccc2c1SC[N+](c1ccccc1)=C2. The number of methoxy groups -OCH3 is 1. The third-order valence-corrected chi connectivity index (χ3v) is 8.94. The second kappa shape index (κ2) is 12.9. The number of thioether (sulfide) groups is 2. The fourth-order valence-electron chi connectivity index (χ4n) is 4.65. The zero-order valence-electron chi connectivity index (χ0n) is 22.7. The molecule has 0 unspecified atom stereocenters. The molecule has 0 fully saturated rings. The molecule has 0 saturated carbocycles. The normalized spacial score (nSPS) is 13.4. The summed E-state index contributed by atoms with van der Waals surface area (Å²) in [4.78, 5) is 2.43. The van der Waals surface area contributed by atoms with Crippen LogP contribution in [0.1, 0.15) is 11.1 Å². The summed E-state index contributed by atoms with van der Waals surface area (Å²) >= 11 is 3.62. The minimum atomic E-state index is 0.868. The number of para-hydroxylation sites is 3. The minimum absolute atomic E-state index is 0.868. The van der Waals surface area contributed by atoms with Crippen molar-refractivity contribution in [1.82, 2.24) is 0 Å². The molecule has 5 aromatic rings. The highest BCUT2D eigenvalue weighted by atomic mass is 32.2. The molecule has 2 aliphatic rings. The molecule has 0 aromatic heterocycles. The van der Waals surface area contributed by atoms with Crippen molar-refractivity contribution in [3.05, 3.63) is 139 Å². The van der Waals surface area contributed by atoms with E-state index in [2.05, 4.69) is 82.2 Å². The largest absolute Gasteiger partial charge is 0.496 e. The predicted molar refractivity (Wildman–Crippen MR) is 170 cm³/mol. The number of ether oxygens (including phenoxy) is 2. The Hall–Kier alpha value is -4.26. The molecule has 2 aliphatic heterocycles. The molecular weight excluding hydrogens is 545 g/mol. The van der Waals surface area contributed by atoms with Crippen LogP contribution in [0.3, 0.4) is 0 Å². The summed E-state index contributed by atoms with van der Waals surface area (Å²) < 4.78 is 16.0. The Morgan fingerprint density at radius 2 is 0.976 bits per heavy atom. The first-order chi connectivity index (χ1) is 20.3. The molecule has 5 aromatic carbocycles. The van der Waals surface area contributed by atoms with Gasteiger partial charge in [0.15, 0.2) is 24.2 Å². The third-order valence-electron chi connectivity index (χ3n) is 6.67. The average Bonchev–Trinajstić information content (AvgIpc) is 3.06. The van der Waals surface area contributed by atoms with E-state index >= 15 is 0 Å². The molecule has 2 heterocycles. The molecule has 0 bridgehead atoms. The highest BCUT2D eigenvalue weighted by Crippen LogP contribution is 2.38. The Morgan fingerprint density at radius 1 is 0.512 bits per heavy atom. The van der Waals surface area contributed by atoms with Crippen LogP contribution in [-0.4, -0.2) is 40.4 Å². The maximum Gasteiger partial charge on any atom is 0.205 e. The number of benzene rings is 5. The lowest BCUT2D eigenvalue weighted by Gasteiger charge is -2.15. The van der Waals surface area contributed by atoms with Gasteiger partial charge in [-0.2, -0.15) is 9.15 Å². The molecule has 0 radical (unpaired) electrons. The molecule has 0 spiro atoms. The van der Waals surface area contributed by atoms with E-state index in [0.29, 0.717) is 0 Å². The van der Waals surface area contributed by atoms with E-state index in [1.807, 2.05) is 90.3 Å². The van der Waals surface area contributed by atoms with Crippen LogP contribution in [0, 0.1) is 0 Å². The molecule has 0 atom stereocenters. The maximum absolute atomic E-state index is 6.06. The van der Waals surface area contributed by atoms with E-state index in [4.69, 9.17) is 9.47 Å². The van der Waals surface area contributed by atoms with Crippen molar-refractivity contribution in [3.63, 3.8) is 0 Å². The molecule has 7 rings (SSSR count). The molecule has 41 heavy (non-hydrogen) atoms. The highest BCUT2D eigenvalue weighted by Gasteiger charge is 2.22. The molecule has 6 heteroatoms. The van der Waals surface area contributed by atoms with Crippen LogP contribution in [0.4, 0.5) is 11.4 Å². The first-order valence-corrected chi connectivity index (χ1v) is 15.4. The van der Waals surface area contributed by atoms with Crippen LogP contribution in [0.15, 0.2) is 137 Å². The zero-order chi connectivity index (χ0) is 27.9. The molecule has 202 valence electrons. The number of hydrogen-bond acceptors (Lipinski definition) is 4. The third kappa shape index (κ3) is 6.40. The van der Waals surface area contributed by atoms with Crippen LogP contribution in [0.5, 0.6) is 17.2 Å². The average molecular weight is 575 g/mol. The summed E-state index contributed by atoms with van der Waals surface area (Å²) in [5, 5.41) is 0. The van der Waals surface area contributed by atoms with Crippen molar-refractivity contribution < 1.29 is 18.6 Å². The van der Waals surface area contributed by atoms with E-state index in [1.165, 1.54) is 32.3 Å². The van der Waals surface area contributed by atoms with Crippen molar-refractivity contribution in [2.24, 2.45) is 0 Å². The number of hydrogen-bond donors (Lipinski definition) is 0. The number of nitrogens with zero attached hydrogens (tertiary/aromatic N) is 2. The predicted octanol–water partition coefficient (Wildman–Crippen LogP) is 8.83. The van der Waals surface area contributed by atoms with Gasteiger partial charge in [0.05, 0.1) is 28.0 Å². The first-order valence-electron chi connectivity index (χ1n) is 13.4. The molecular formula is C35H30N2O2S2+2. The summed E-state index contributed by atoms with van der Waals surface area (Å²) in [7, 11) is 1.72. The van der Waals surface area contributed by atoms with Gasteiger partial charge in [-0.05, 0) is 36.4 Å². The quantitative estimate of drug-likeness (QED) is 0.196. The lowest BCUT2D eigenvalue weighted by atomic mass is 10.2. The van der Waals surface area contributed by atoms with Gasteiger partial charge in [0.25, 0.3) is 0 Å². The Balaban J connectivity index is 0.000000152. The summed E-state index contributed by atoms with van der Waals surface area (Å²) in [5.74, 6) is 4.54. The lowest BCUT2D eigenvalue weighted by Crippen LogP contribution is -2.12. The van der Waals surface area contributed by atoms with E-state index in [9.17, 15) is 0 Å². The lowest BCUT2D eigenvalue weighted by molar-refractivity contribution is -0.411. The van der Waals surface area contributed by atoms with E-state index < -0.39 is 0 Å². The van der Waals surface area contributed by atoms with Gasteiger partial charge in [-0.1, -0.05) is 90.3 Å². The standard InChI is InChI=1S/C20H16NOS.C15H14NOS/c1-3-9-17(10-4-1)21-14-16-8-7-13-19(20(16)23-15-21)22-18-11-5-2-6-12-18;1-17-14-9-5-6-12-10-16(11-18-15(12)14)13-7-3-2-4-8-13/h1-14H,15H2;2-10H,11H2,1H3/q2*+1. The van der Waals surface area contributed by atoms with Gasteiger partial charge in [0.1, 0.15) is 17.2 Å². The molecule has 4 nitrogen and oxygen atoms in total. The summed E-state index contributed by atoms with van der Waals surface area (Å²) in [6.07, 6.45) is 4.38. The van der Waals surface area contributed by atoms with Crippen LogP contribution in [0.2, 0.25) is 0 Å². The van der Waals surface area contributed by atoms with Gasteiger partial charge in [0.2, 0.25) is 11.4 Å². The Kier molecular flexibility index (Phi) is 8.50. The van der Waals surface area contributed by atoms with Gasteiger partial charge < -0.3 is 9.47 Å². The van der Waals surface area contributed by atoms with Crippen LogP contribution in [-0.2, 0) is 0 Å². The van der Waals surface area contributed by atoms with Crippen LogP contribution in [0.25, 0.3) is 0 Å². The van der Waals surface area contributed by atoms with Crippen LogP contribution >= 0.6 is 23.5 Å². The van der Waals surface area contributed by atoms with E-state index in [0.717, 1.165) is 29.0 Å². The van der Waals surface area contributed by atoms with Crippen molar-refractivity contribution in [1.29, 1.82) is 0 Å². The summed E-state index contributed by atoms with van der Waals surface area (Å²) in [6, 6.07) is 43.2. The van der Waals surface area contributed by atoms with Gasteiger partial charge >= 0.3 is 0 Å². The van der Waals surface area contributed by atoms with Crippen LogP contribution < -0.4 is 9.47 Å². The number of rotatable bonds is 5. The monoisotopic (exact) mass is 574 g/mol. The van der Waals surface area contributed by atoms with Gasteiger partial charge in [-0.15, -0.1) is 0 Å². The Labute approximate surface area is 249 Å². The second-order valence-electron chi connectivity index (χ2n) is 9.38. The van der Waals surface area contributed by atoms with Crippen molar-refractivity contribution in [2.45, 2.75) is 9.79 Å². The fraction of sp³-hybridized carbons (Fsp3) is 0.0857. The number of fused-ring (bicyclic) bond motifs is 2.